The third kappa shape index (κ3) is 31.3. The second-order valence-electron chi connectivity index (χ2n) is 2.83. The molecule has 0 rings (SSSR count). The van der Waals surface area contributed by atoms with Gasteiger partial charge in [0.1, 0.15) is 0 Å². The zero-order valence-corrected chi connectivity index (χ0v) is 16.1. The maximum Gasteiger partial charge on any atom is 2.00 e. The van der Waals surface area contributed by atoms with Crippen LogP contribution in [-0.2, 0) is 50.5 Å². The Morgan fingerprint density at radius 1 is 0.867 bits per heavy atom. The molecule has 0 bridgehead atoms. The van der Waals surface area contributed by atoms with Crippen molar-refractivity contribution in [3.63, 3.8) is 0 Å². The first-order valence-electron chi connectivity index (χ1n) is 4.01. The van der Waals surface area contributed by atoms with E-state index in [1.54, 1.807) is 27.7 Å². The smallest absolute Gasteiger partial charge is 2.00 e. The maximum absolute atomic E-state index is 9.73. The van der Waals surface area contributed by atoms with Crippen molar-refractivity contribution in [3.05, 3.63) is 0 Å². The van der Waals surface area contributed by atoms with Gasteiger partial charge in [-0.25, -0.2) is 0 Å². The van der Waals surface area contributed by atoms with E-state index in [4.69, 9.17) is 0 Å². The van der Waals surface area contributed by atoms with Gasteiger partial charge in [0.25, 0.3) is 0 Å². The van der Waals surface area contributed by atoms with Gasteiger partial charge in [0.15, 0.2) is 0 Å². The summed E-state index contributed by atoms with van der Waals surface area (Å²) in [5.41, 5.74) is 0. The minimum atomic E-state index is -3.45. The van der Waals surface area contributed by atoms with Gasteiger partial charge in [-0.3, -0.25) is 0 Å². The maximum atomic E-state index is 9.73. The van der Waals surface area contributed by atoms with E-state index in [0.29, 0.717) is 0 Å². The number of hydrogen-bond acceptors (Lipinski definition) is 6. The third-order valence-corrected chi connectivity index (χ3v) is 2.74. The molecule has 0 aliphatic carbocycles. The molecule has 0 aromatic heterocycles. The third-order valence-electron chi connectivity index (χ3n) is 0.664. The van der Waals surface area contributed by atoms with Crippen LogP contribution >= 0.6 is 0 Å². The Morgan fingerprint density at radius 3 is 1.07 bits per heavy atom. The first-order valence-corrected chi connectivity index (χ1v) is 7.83. The molecule has 0 saturated heterocycles. The topological polar surface area (TPSA) is 98.7 Å². The minimum absolute atomic E-state index is 0. The fourth-order valence-electron chi connectivity index (χ4n) is 0.385. The molecule has 0 aromatic rings. The van der Waals surface area contributed by atoms with Gasteiger partial charge in [-0.1, -0.05) is 0 Å². The molecule has 0 amide bonds. The van der Waals surface area contributed by atoms with Gasteiger partial charge in [-0.2, -0.15) is 0 Å². The van der Waals surface area contributed by atoms with Crippen LogP contribution in [0.5, 0.6) is 0 Å². The molecule has 86 valence electrons. The fraction of sp³-hybridized carbons (Fsp3) is 1.00. The summed E-state index contributed by atoms with van der Waals surface area (Å²) >= 11 is -6.90. The van der Waals surface area contributed by atoms with Crippen LogP contribution in [0.3, 0.4) is 0 Å². The van der Waals surface area contributed by atoms with Gasteiger partial charge in [0, 0.05) is 0 Å². The SMILES string of the molecule is CC(C)[O][Ti](=[O])[O-].CC(C)[O][Ti](=[O])[O-].[Pb+2]. The van der Waals surface area contributed by atoms with E-state index < -0.39 is 37.2 Å². The van der Waals surface area contributed by atoms with Crippen molar-refractivity contribution in [1.29, 1.82) is 0 Å². The first-order chi connectivity index (χ1) is 6.25. The zero-order chi connectivity index (χ0) is 11.7. The Hall–Kier alpha value is 1.79. The summed E-state index contributed by atoms with van der Waals surface area (Å²) < 4.78 is 47.5. The molecule has 0 N–H and O–H groups in total. The van der Waals surface area contributed by atoms with E-state index in [-0.39, 0.29) is 39.5 Å². The average Bonchev–Trinajstić information content (AvgIpc) is 1.79. The summed E-state index contributed by atoms with van der Waals surface area (Å²) in [5.74, 6) is 0. The van der Waals surface area contributed by atoms with Crippen molar-refractivity contribution in [1.82, 2.24) is 0 Å². The Bertz CT molecular complexity index is 166. The van der Waals surface area contributed by atoms with E-state index >= 15 is 0 Å². The van der Waals surface area contributed by atoms with E-state index in [1.165, 1.54) is 0 Å². The standard InChI is InChI=1S/2C3H7O.4O.Pb.2Ti/c2*1-3(2)4;;;;;;;/h2*3H,1-2H3;;;;;;;/q2*-1;;;2*-1;+2;2*+1. The van der Waals surface area contributed by atoms with Gasteiger partial charge in [-0.15, -0.1) is 0 Å². The van der Waals surface area contributed by atoms with Crippen molar-refractivity contribution in [2.24, 2.45) is 0 Å². The van der Waals surface area contributed by atoms with Crippen LogP contribution in [0.25, 0.3) is 0 Å². The van der Waals surface area contributed by atoms with Crippen molar-refractivity contribution in [3.8, 4) is 0 Å². The molecule has 2 radical (unpaired) electrons. The molecule has 0 fully saturated rings. The molecule has 0 unspecified atom stereocenters. The average molecular weight is 485 g/mol. The summed E-state index contributed by atoms with van der Waals surface area (Å²) in [7, 11) is 0. The van der Waals surface area contributed by atoms with Crippen LogP contribution in [-0.4, -0.2) is 39.5 Å². The summed E-state index contributed by atoms with van der Waals surface area (Å²) in [4.78, 5) is 0. The molecule has 9 heteroatoms. The normalized spacial score (nSPS) is 9.07. The summed E-state index contributed by atoms with van der Waals surface area (Å²) in [6.45, 7) is 6.73. The molecule has 6 nitrogen and oxygen atoms in total. The molecule has 0 saturated carbocycles. The monoisotopic (exact) mass is 486 g/mol. The van der Waals surface area contributed by atoms with Gasteiger partial charge in [0.05, 0.1) is 0 Å². The Balaban J connectivity index is -0.000000180. The van der Waals surface area contributed by atoms with Crippen LogP contribution < -0.4 is 7.38 Å². The summed E-state index contributed by atoms with van der Waals surface area (Å²) in [6, 6.07) is 0. The number of hydrogen-bond donors (Lipinski definition) is 0. The predicted molar refractivity (Wildman–Crippen MR) is 39.6 cm³/mol. The minimum Gasteiger partial charge on any atom is 2.00 e. The van der Waals surface area contributed by atoms with Crippen molar-refractivity contribution < 1.29 is 57.9 Å². The van der Waals surface area contributed by atoms with Crippen molar-refractivity contribution in [2.75, 3.05) is 0 Å². The zero-order valence-electron chi connectivity index (χ0n) is 9.10. The van der Waals surface area contributed by atoms with E-state index in [9.17, 15) is 14.0 Å². The van der Waals surface area contributed by atoms with E-state index in [2.05, 4.69) is 6.64 Å². The summed E-state index contributed by atoms with van der Waals surface area (Å²) in [6.07, 6.45) is -0.352. The predicted octanol–water partition coefficient (Wildman–Crippen LogP) is -1.25. The van der Waals surface area contributed by atoms with Gasteiger partial charge in [0.2, 0.25) is 0 Å². The van der Waals surface area contributed by atoms with Gasteiger partial charge in [-0.05, 0) is 0 Å². The Labute approximate surface area is 124 Å². The Kier molecular flexibility index (Phi) is 20.3. The molecule has 0 aliphatic rings. The van der Waals surface area contributed by atoms with Crippen LogP contribution in [0.1, 0.15) is 27.7 Å². The van der Waals surface area contributed by atoms with Crippen LogP contribution in [0.4, 0.5) is 0 Å². The van der Waals surface area contributed by atoms with Crippen LogP contribution in [0.2, 0.25) is 0 Å². The second-order valence-corrected chi connectivity index (χ2v) is 5.13. The molecule has 0 heterocycles. The Morgan fingerprint density at radius 2 is 1.07 bits per heavy atom. The van der Waals surface area contributed by atoms with E-state index in [1.807, 2.05) is 0 Å². The second kappa shape index (κ2) is 13.9. The first kappa shape index (κ1) is 22.0. The van der Waals surface area contributed by atoms with Gasteiger partial charge < -0.3 is 0 Å². The molecule has 0 spiro atoms. The molecule has 0 atom stereocenters. The van der Waals surface area contributed by atoms with E-state index in [0.717, 1.165) is 0 Å². The quantitative estimate of drug-likeness (QED) is 0.462. The molecular formula is C6H14O6PbTi2. The molecule has 0 aliphatic heterocycles. The molecular weight excluding hydrogens is 471 g/mol. The largest absolute Gasteiger partial charge is 2.00 e. The van der Waals surface area contributed by atoms with Gasteiger partial charge >= 0.3 is 125 Å². The summed E-state index contributed by atoms with van der Waals surface area (Å²) in [5, 5.41) is 0. The fourth-order valence-corrected chi connectivity index (χ4v) is 1.59. The van der Waals surface area contributed by atoms with Crippen molar-refractivity contribution >= 4 is 27.3 Å². The van der Waals surface area contributed by atoms with Crippen LogP contribution in [0.15, 0.2) is 0 Å². The molecule has 0 aromatic carbocycles. The van der Waals surface area contributed by atoms with Crippen molar-refractivity contribution in [2.45, 2.75) is 39.9 Å². The number of rotatable bonds is 4. The van der Waals surface area contributed by atoms with Crippen LogP contribution in [0, 0.1) is 0 Å². The molecule has 15 heavy (non-hydrogen) atoms.